The molecule has 4 aromatic rings. The third-order valence-corrected chi connectivity index (χ3v) is 7.51. The summed E-state index contributed by atoms with van der Waals surface area (Å²) in [4.78, 5) is 38.3. The van der Waals surface area contributed by atoms with E-state index in [0.29, 0.717) is 53.2 Å². The molecule has 222 valence electrons. The molecule has 3 N–H and O–H groups in total. The highest BCUT2D eigenvalue weighted by Crippen LogP contribution is 2.33. The van der Waals surface area contributed by atoms with Gasteiger partial charge in [0.2, 0.25) is 5.91 Å². The Morgan fingerprint density at radius 2 is 1.98 bits per heavy atom. The molecular weight excluding hydrogens is 579 g/mol. The van der Waals surface area contributed by atoms with E-state index in [-0.39, 0.29) is 28.2 Å². The van der Waals surface area contributed by atoms with E-state index in [1.54, 1.807) is 43.5 Å². The number of nitrogens with one attached hydrogen (secondary N) is 3. The van der Waals surface area contributed by atoms with Crippen LogP contribution in [-0.4, -0.2) is 50.2 Å². The zero-order valence-electron chi connectivity index (χ0n) is 23.5. The number of halogens is 2. The van der Waals surface area contributed by atoms with Gasteiger partial charge in [-0.2, -0.15) is 10.2 Å². The van der Waals surface area contributed by atoms with Crippen LogP contribution >= 0.6 is 11.6 Å². The minimum Gasteiger partial charge on any atom is -0.453 e. The summed E-state index contributed by atoms with van der Waals surface area (Å²) in [5.74, 6) is -1.74. The Hall–Kier alpha value is -4.91. The maximum Gasteiger partial charge on any atom is 0.411 e. The molecule has 0 aliphatic carbocycles. The van der Waals surface area contributed by atoms with Crippen LogP contribution in [0.15, 0.2) is 48.7 Å². The molecule has 2 bridgehead atoms. The predicted molar refractivity (Wildman–Crippen MR) is 156 cm³/mol. The monoisotopic (exact) mass is 606 g/mol. The molecule has 1 unspecified atom stereocenters. The first-order chi connectivity index (χ1) is 20.7. The van der Waals surface area contributed by atoms with Crippen LogP contribution < -0.4 is 16.0 Å². The van der Waals surface area contributed by atoms with E-state index in [1.807, 2.05) is 6.92 Å². The lowest BCUT2D eigenvalue weighted by molar-refractivity contribution is -0.119. The van der Waals surface area contributed by atoms with Crippen LogP contribution in [0.5, 0.6) is 0 Å². The summed E-state index contributed by atoms with van der Waals surface area (Å²) in [5.41, 5.74) is 2.97. The number of aromatic nitrogens is 5. The second-order valence-corrected chi connectivity index (χ2v) is 10.5. The summed E-state index contributed by atoms with van der Waals surface area (Å²) >= 11 is 5.93. The van der Waals surface area contributed by atoms with Crippen molar-refractivity contribution in [2.75, 3.05) is 17.7 Å². The van der Waals surface area contributed by atoms with Crippen molar-refractivity contribution in [3.8, 4) is 16.9 Å². The molecule has 0 radical (unpaired) electrons. The maximum atomic E-state index is 14.7. The number of rotatable bonds is 4. The number of hydrogen-bond acceptors (Lipinski definition) is 8. The van der Waals surface area contributed by atoms with E-state index in [4.69, 9.17) is 11.6 Å². The summed E-state index contributed by atoms with van der Waals surface area (Å²) in [5, 5.41) is 24.9. The molecule has 3 amide bonds. The number of ether oxygens (including phenoxy) is 1. The molecule has 0 saturated heterocycles. The van der Waals surface area contributed by atoms with Crippen LogP contribution in [0.25, 0.3) is 16.9 Å². The zero-order valence-corrected chi connectivity index (χ0v) is 24.3. The first-order valence-electron chi connectivity index (χ1n) is 13.5. The van der Waals surface area contributed by atoms with Crippen molar-refractivity contribution in [2.24, 2.45) is 5.92 Å². The number of benzene rings is 2. The molecule has 2 aromatic heterocycles. The topological polar surface area (TPSA) is 153 Å². The van der Waals surface area contributed by atoms with E-state index < -0.39 is 23.9 Å². The molecule has 0 saturated carbocycles. The Morgan fingerprint density at radius 1 is 1.16 bits per heavy atom. The minimum atomic E-state index is -0.675. The molecule has 0 fully saturated rings. The summed E-state index contributed by atoms with van der Waals surface area (Å²) in [6.45, 7) is 3.43. The average molecular weight is 607 g/mol. The smallest absolute Gasteiger partial charge is 0.411 e. The summed E-state index contributed by atoms with van der Waals surface area (Å²) in [6, 6.07) is 10.7. The number of hydrogen-bond donors (Lipinski definition) is 3. The van der Waals surface area contributed by atoms with Gasteiger partial charge in [-0.1, -0.05) is 36.2 Å². The van der Waals surface area contributed by atoms with Gasteiger partial charge in [0.15, 0.2) is 11.5 Å². The normalized spacial score (nSPS) is 16.6. The van der Waals surface area contributed by atoms with Gasteiger partial charge in [-0.3, -0.25) is 14.9 Å². The summed E-state index contributed by atoms with van der Waals surface area (Å²) < 4.78 is 20.6. The molecule has 43 heavy (non-hydrogen) atoms. The SMILES string of the molecule is COC(=O)Nc1ccc2c(c1)NC(=O)C(C)CCC[C@H](NC(=O)c1nnn(-c3cccc(Cl)c3F)c1C)c1cnnc-2c1. The third kappa shape index (κ3) is 6.31. The highest BCUT2D eigenvalue weighted by Gasteiger charge is 2.25. The van der Waals surface area contributed by atoms with Gasteiger partial charge in [0.1, 0.15) is 5.69 Å². The molecule has 2 aromatic carbocycles. The molecule has 3 heterocycles. The lowest BCUT2D eigenvalue weighted by atomic mass is 9.95. The van der Waals surface area contributed by atoms with Crippen LogP contribution in [0.2, 0.25) is 5.02 Å². The lowest BCUT2D eigenvalue weighted by Gasteiger charge is -2.22. The van der Waals surface area contributed by atoms with Crippen LogP contribution in [0, 0.1) is 18.7 Å². The molecule has 1 aliphatic heterocycles. The number of fused-ring (bicyclic) bond motifs is 4. The highest BCUT2D eigenvalue weighted by molar-refractivity contribution is 6.30. The molecule has 2 atom stereocenters. The first kappa shape index (κ1) is 29.6. The predicted octanol–water partition coefficient (Wildman–Crippen LogP) is 5.23. The van der Waals surface area contributed by atoms with Crippen molar-refractivity contribution in [1.29, 1.82) is 0 Å². The average Bonchev–Trinajstić information content (AvgIpc) is 3.38. The van der Waals surface area contributed by atoms with Gasteiger partial charge < -0.3 is 15.4 Å². The summed E-state index contributed by atoms with van der Waals surface area (Å²) in [7, 11) is 1.26. The molecule has 14 heteroatoms. The fourth-order valence-electron chi connectivity index (χ4n) is 4.81. The largest absolute Gasteiger partial charge is 0.453 e. The van der Waals surface area contributed by atoms with E-state index >= 15 is 0 Å². The van der Waals surface area contributed by atoms with Crippen molar-refractivity contribution in [3.63, 3.8) is 0 Å². The van der Waals surface area contributed by atoms with Gasteiger partial charge in [-0.15, -0.1) is 5.10 Å². The van der Waals surface area contributed by atoms with Gasteiger partial charge in [-0.25, -0.2) is 13.9 Å². The molecular formula is C29H28ClFN8O4. The Kier molecular flexibility index (Phi) is 8.62. The number of nitrogens with zero attached hydrogens (tertiary/aromatic N) is 5. The number of amides is 3. The number of carbonyl (C=O) groups excluding carboxylic acids is 3. The number of carbonyl (C=O) groups is 3. The molecule has 0 spiro atoms. The van der Waals surface area contributed by atoms with Crippen LogP contribution in [0.1, 0.15) is 54.0 Å². The van der Waals surface area contributed by atoms with E-state index in [0.717, 1.165) is 0 Å². The van der Waals surface area contributed by atoms with Crippen molar-refractivity contribution in [3.05, 3.63) is 76.5 Å². The van der Waals surface area contributed by atoms with Gasteiger partial charge in [0.25, 0.3) is 5.91 Å². The summed E-state index contributed by atoms with van der Waals surface area (Å²) in [6.07, 6.45) is 2.57. The van der Waals surface area contributed by atoms with Crippen molar-refractivity contribution in [1.82, 2.24) is 30.5 Å². The molecule has 12 nitrogen and oxygen atoms in total. The van der Waals surface area contributed by atoms with Gasteiger partial charge in [-0.05, 0) is 61.7 Å². The van der Waals surface area contributed by atoms with Crippen LogP contribution in [0.3, 0.4) is 0 Å². The molecule has 5 rings (SSSR count). The Labute approximate surface area is 251 Å². The second-order valence-electron chi connectivity index (χ2n) is 10.1. The standard InChI is InChI=1S/C29H28ClFN8O4/c1-15-6-4-8-21(34-28(41)26-16(2)39(38-37-26)24-9-5-7-20(30)25(24)31)17-12-23(36-32-14-17)19-11-10-18(33-29(42)43-3)13-22(19)35-27(15)40/h5,7,9-15,21H,4,6,8H2,1-3H3,(H,33,42)(H,34,41)(H,35,40)/t15?,21-/m0/s1. The Morgan fingerprint density at radius 3 is 2.77 bits per heavy atom. The Bertz CT molecular complexity index is 1710. The Balaban J connectivity index is 1.48. The van der Waals surface area contributed by atoms with Gasteiger partial charge >= 0.3 is 6.09 Å². The first-order valence-corrected chi connectivity index (χ1v) is 13.8. The van der Waals surface area contributed by atoms with E-state index in [2.05, 4.69) is 41.2 Å². The van der Waals surface area contributed by atoms with Gasteiger partial charge in [0, 0.05) is 17.2 Å². The van der Waals surface area contributed by atoms with Gasteiger partial charge in [0.05, 0.1) is 41.4 Å². The quantitative estimate of drug-likeness (QED) is 0.285. The second kappa shape index (κ2) is 12.5. The maximum absolute atomic E-state index is 14.7. The third-order valence-electron chi connectivity index (χ3n) is 7.22. The minimum absolute atomic E-state index is 0.0245. The van der Waals surface area contributed by atoms with Crippen molar-refractivity contribution < 1.29 is 23.5 Å². The van der Waals surface area contributed by atoms with Crippen molar-refractivity contribution >= 4 is 40.9 Å². The highest BCUT2D eigenvalue weighted by atomic mass is 35.5. The van der Waals surface area contributed by atoms with E-state index in [9.17, 15) is 18.8 Å². The van der Waals surface area contributed by atoms with E-state index in [1.165, 1.54) is 23.9 Å². The van der Waals surface area contributed by atoms with Crippen LogP contribution in [-0.2, 0) is 9.53 Å². The fraction of sp³-hybridized carbons (Fsp3) is 0.276. The fourth-order valence-corrected chi connectivity index (χ4v) is 4.98. The van der Waals surface area contributed by atoms with Crippen LogP contribution in [0.4, 0.5) is 20.6 Å². The van der Waals surface area contributed by atoms with Crippen molar-refractivity contribution in [2.45, 2.75) is 39.2 Å². The number of anilines is 2. The zero-order chi connectivity index (χ0) is 30.7. The molecule has 1 aliphatic rings. The lowest BCUT2D eigenvalue weighted by Crippen LogP contribution is -2.30. The number of methoxy groups -OCH3 is 1.